The standard InChI is InChI=1S/C35H38F10N2O2/c1-7-29(3,4)27(48)32(36,37)23-10-9-11-24(20-23)33(38,39)28(49)46-25-16-12-21(13-17-25)31(34(40,41)42,35(43,44)45)22-14-18-26(19-15-22)47-30(5,6)8-2/h9-20,28,46-47,49H,7-8H2,1-6H3. The van der Waals surface area contributed by atoms with E-state index in [0.29, 0.717) is 55.0 Å². The Kier molecular flexibility index (Phi) is 10.9. The van der Waals surface area contributed by atoms with E-state index in [0.717, 1.165) is 24.3 Å². The Bertz CT molecular complexity index is 1580. The maximum atomic E-state index is 15.3. The number of aliphatic hydroxyl groups excluding tert-OH is 1. The molecule has 3 aromatic carbocycles. The molecule has 49 heavy (non-hydrogen) atoms. The highest BCUT2D eigenvalue weighted by atomic mass is 19.4. The molecule has 0 spiro atoms. The first-order valence-corrected chi connectivity index (χ1v) is 15.3. The lowest BCUT2D eigenvalue weighted by Gasteiger charge is -2.38. The molecule has 0 saturated heterocycles. The van der Waals surface area contributed by atoms with E-state index in [1.165, 1.54) is 20.8 Å². The highest BCUT2D eigenvalue weighted by molar-refractivity contribution is 5.91. The van der Waals surface area contributed by atoms with Crippen molar-refractivity contribution in [3.05, 3.63) is 95.1 Å². The number of carbonyl (C=O) groups excluding carboxylic acids is 1. The van der Waals surface area contributed by atoms with Crippen LogP contribution in [0.1, 0.15) is 76.6 Å². The first kappa shape index (κ1) is 39.6. The minimum absolute atomic E-state index is 0.0348. The first-order valence-electron chi connectivity index (χ1n) is 15.3. The predicted octanol–water partition coefficient (Wildman–Crippen LogP) is 10.3. The molecule has 0 saturated carbocycles. The Morgan fingerprint density at radius 3 is 1.53 bits per heavy atom. The van der Waals surface area contributed by atoms with Crippen molar-refractivity contribution >= 4 is 17.2 Å². The predicted molar refractivity (Wildman–Crippen MR) is 167 cm³/mol. The molecular formula is C35H38F10N2O2. The van der Waals surface area contributed by atoms with Gasteiger partial charge in [0.1, 0.15) is 0 Å². The number of rotatable bonds is 13. The zero-order valence-corrected chi connectivity index (χ0v) is 27.6. The van der Waals surface area contributed by atoms with Gasteiger partial charge in [0.25, 0.3) is 0 Å². The lowest BCUT2D eigenvalue weighted by atomic mass is 9.73. The third-order valence-corrected chi connectivity index (χ3v) is 8.89. The second-order valence-corrected chi connectivity index (χ2v) is 13.2. The maximum absolute atomic E-state index is 15.3. The summed E-state index contributed by atoms with van der Waals surface area (Å²) in [5, 5.41) is 15.3. The van der Waals surface area contributed by atoms with E-state index in [1.54, 1.807) is 13.8 Å². The van der Waals surface area contributed by atoms with Gasteiger partial charge in [-0.3, -0.25) is 4.79 Å². The molecular weight excluding hydrogens is 670 g/mol. The molecule has 0 aromatic heterocycles. The molecule has 0 bridgehead atoms. The second kappa shape index (κ2) is 13.5. The summed E-state index contributed by atoms with van der Waals surface area (Å²) in [5.74, 6) is -9.99. The number of carbonyl (C=O) groups is 1. The summed E-state index contributed by atoms with van der Waals surface area (Å²) in [6.07, 6.45) is -14.1. The summed E-state index contributed by atoms with van der Waals surface area (Å²) in [5.41, 5.74) is -11.3. The van der Waals surface area contributed by atoms with Crippen molar-refractivity contribution < 1.29 is 53.8 Å². The molecule has 3 aromatic rings. The normalized spacial score (nSPS) is 14.4. The van der Waals surface area contributed by atoms with E-state index in [1.807, 2.05) is 12.2 Å². The summed E-state index contributed by atoms with van der Waals surface area (Å²) >= 11 is 0. The van der Waals surface area contributed by atoms with Gasteiger partial charge in [-0.15, -0.1) is 0 Å². The maximum Gasteiger partial charge on any atom is 0.411 e. The number of nitrogens with one attached hydrogen (secondary N) is 2. The van der Waals surface area contributed by atoms with E-state index in [4.69, 9.17) is 0 Å². The molecule has 3 rings (SSSR count). The summed E-state index contributed by atoms with van der Waals surface area (Å²) in [4.78, 5) is 12.5. The number of halogens is 10. The summed E-state index contributed by atoms with van der Waals surface area (Å²) in [7, 11) is 0. The van der Waals surface area contributed by atoms with Gasteiger partial charge >= 0.3 is 24.2 Å². The van der Waals surface area contributed by atoms with Crippen LogP contribution in [-0.2, 0) is 22.1 Å². The minimum atomic E-state index is -5.91. The number of anilines is 2. The van der Waals surface area contributed by atoms with E-state index in [-0.39, 0.29) is 12.1 Å². The molecule has 0 aliphatic rings. The molecule has 0 aliphatic heterocycles. The molecule has 4 nitrogen and oxygen atoms in total. The molecule has 0 aliphatic carbocycles. The van der Waals surface area contributed by atoms with Gasteiger partial charge < -0.3 is 15.7 Å². The molecule has 0 radical (unpaired) electrons. The molecule has 0 amide bonds. The SMILES string of the molecule is CCC(C)(C)Nc1ccc(C(c2ccc(NC(O)C(F)(F)c3cccc(C(F)(F)C(=O)C(C)(C)CC)c3)cc2)(C(F)(F)F)C(F)(F)F)cc1. The molecule has 1 atom stereocenters. The highest BCUT2D eigenvalue weighted by Gasteiger charge is 2.72. The van der Waals surface area contributed by atoms with Crippen LogP contribution in [0.25, 0.3) is 0 Å². The minimum Gasteiger partial charge on any atom is -0.380 e. The van der Waals surface area contributed by atoms with E-state index >= 15 is 17.6 Å². The van der Waals surface area contributed by atoms with Gasteiger partial charge in [-0.05, 0) is 68.1 Å². The second-order valence-electron chi connectivity index (χ2n) is 13.2. The molecule has 0 heterocycles. The zero-order chi connectivity index (χ0) is 37.4. The topological polar surface area (TPSA) is 61.4 Å². The lowest BCUT2D eigenvalue weighted by molar-refractivity contribution is -0.288. The quantitative estimate of drug-likeness (QED) is 0.122. The third kappa shape index (κ3) is 7.68. The monoisotopic (exact) mass is 708 g/mol. The fourth-order valence-corrected chi connectivity index (χ4v) is 5.13. The van der Waals surface area contributed by atoms with E-state index in [9.17, 15) is 36.2 Å². The van der Waals surface area contributed by atoms with Gasteiger partial charge in [0, 0.05) is 33.5 Å². The fourth-order valence-electron chi connectivity index (χ4n) is 5.13. The van der Waals surface area contributed by atoms with E-state index < -0.39 is 80.5 Å². The van der Waals surface area contributed by atoms with Crippen LogP contribution in [0.15, 0.2) is 72.8 Å². The van der Waals surface area contributed by atoms with Gasteiger partial charge in [-0.2, -0.15) is 43.9 Å². The zero-order valence-electron chi connectivity index (χ0n) is 27.6. The van der Waals surface area contributed by atoms with Crippen molar-refractivity contribution in [3.8, 4) is 0 Å². The Morgan fingerprint density at radius 1 is 0.653 bits per heavy atom. The summed E-state index contributed by atoms with van der Waals surface area (Å²) in [6, 6.07) is 8.47. The summed E-state index contributed by atoms with van der Waals surface area (Å²) < 4.78 is 148. The van der Waals surface area contributed by atoms with Crippen LogP contribution in [0.5, 0.6) is 0 Å². The van der Waals surface area contributed by atoms with Crippen molar-refractivity contribution in [2.24, 2.45) is 5.41 Å². The van der Waals surface area contributed by atoms with Crippen LogP contribution in [0.4, 0.5) is 55.3 Å². The molecule has 3 N–H and O–H groups in total. The Balaban J connectivity index is 1.98. The van der Waals surface area contributed by atoms with Crippen LogP contribution < -0.4 is 10.6 Å². The van der Waals surface area contributed by atoms with Gasteiger partial charge in [0.15, 0.2) is 6.23 Å². The van der Waals surface area contributed by atoms with Gasteiger partial charge in [0.05, 0.1) is 0 Å². The van der Waals surface area contributed by atoms with Gasteiger partial charge in [-0.25, -0.2) is 0 Å². The fraction of sp³-hybridized carbons (Fsp3) is 0.457. The molecule has 0 fully saturated rings. The first-order chi connectivity index (χ1) is 22.3. The van der Waals surface area contributed by atoms with Crippen molar-refractivity contribution in [2.45, 2.75) is 95.8 Å². The highest BCUT2D eigenvalue weighted by Crippen LogP contribution is 2.56. The van der Waals surface area contributed by atoms with Crippen LogP contribution in [0, 0.1) is 5.41 Å². The number of hydrogen-bond acceptors (Lipinski definition) is 4. The number of aliphatic hydroxyl groups is 1. The van der Waals surface area contributed by atoms with Crippen LogP contribution >= 0.6 is 0 Å². The van der Waals surface area contributed by atoms with Crippen LogP contribution in [0.3, 0.4) is 0 Å². The van der Waals surface area contributed by atoms with Crippen molar-refractivity contribution in [1.82, 2.24) is 0 Å². The third-order valence-electron chi connectivity index (χ3n) is 8.89. The Hall–Kier alpha value is -3.81. The average Bonchev–Trinajstić information content (AvgIpc) is 3.01. The van der Waals surface area contributed by atoms with Crippen molar-refractivity contribution in [2.75, 3.05) is 10.6 Å². The van der Waals surface area contributed by atoms with Crippen molar-refractivity contribution in [3.63, 3.8) is 0 Å². The molecule has 14 heteroatoms. The number of Topliss-reactive ketones (excluding diaryl/α,β-unsaturated/α-hetero) is 1. The molecule has 1 unspecified atom stereocenters. The number of alkyl halides is 10. The number of hydrogen-bond donors (Lipinski definition) is 3. The summed E-state index contributed by atoms with van der Waals surface area (Å²) in [6.45, 7) is 9.49. The number of ketones is 1. The van der Waals surface area contributed by atoms with Crippen LogP contribution in [0.2, 0.25) is 0 Å². The molecule has 270 valence electrons. The Morgan fingerprint density at radius 2 is 1.10 bits per heavy atom. The van der Waals surface area contributed by atoms with Crippen molar-refractivity contribution in [1.29, 1.82) is 0 Å². The van der Waals surface area contributed by atoms with Gasteiger partial charge in [-0.1, -0.05) is 70.2 Å². The average molecular weight is 709 g/mol. The van der Waals surface area contributed by atoms with Crippen LogP contribution in [-0.4, -0.2) is 35.0 Å². The largest absolute Gasteiger partial charge is 0.411 e. The van der Waals surface area contributed by atoms with Gasteiger partial charge in [0.2, 0.25) is 11.2 Å². The van der Waals surface area contributed by atoms with E-state index in [2.05, 4.69) is 5.32 Å². The Labute approximate surface area is 277 Å². The smallest absolute Gasteiger partial charge is 0.380 e. The lowest BCUT2D eigenvalue weighted by Crippen LogP contribution is -2.54. The number of benzene rings is 3.